The number of fused-ring (bicyclic) bond motifs is 1. The van der Waals surface area contributed by atoms with Gasteiger partial charge >= 0.3 is 0 Å². The summed E-state index contributed by atoms with van der Waals surface area (Å²) in [6.07, 6.45) is 1.80. The van der Waals surface area contributed by atoms with Crippen LogP contribution in [0.15, 0.2) is 47.1 Å². The molecule has 24 heavy (non-hydrogen) atoms. The minimum atomic E-state index is -0.148. The number of hydrogen-bond acceptors (Lipinski definition) is 3. The highest BCUT2D eigenvalue weighted by atomic mass is 79.9. The number of nitrogens with one attached hydrogen (secondary N) is 2. The van der Waals surface area contributed by atoms with Crippen molar-refractivity contribution >= 4 is 32.7 Å². The number of H-pyrrole nitrogens is 1. The van der Waals surface area contributed by atoms with Crippen LogP contribution in [0.5, 0.6) is 5.88 Å². The Morgan fingerprint density at radius 3 is 2.83 bits per heavy atom. The van der Waals surface area contributed by atoms with E-state index in [2.05, 4.69) is 31.2 Å². The maximum Gasteiger partial charge on any atom is 0.267 e. The number of rotatable bonds is 5. The zero-order valence-electron chi connectivity index (χ0n) is 13.5. The molecule has 5 nitrogen and oxygen atoms in total. The number of aromatic amines is 1. The number of nitrogens with zero attached hydrogens (tertiary/aromatic N) is 1. The third-order valence-electron chi connectivity index (χ3n) is 3.44. The molecule has 0 saturated heterocycles. The number of hydrogen-bond donors (Lipinski definition) is 2. The molecule has 1 aromatic carbocycles. The van der Waals surface area contributed by atoms with Gasteiger partial charge in [-0.25, -0.2) is 4.98 Å². The summed E-state index contributed by atoms with van der Waals surface area (Å²) >= 11 is 3.42. The number of carbonyl (C=O) groups excluding carboxylic acids is 1. The molecule has 0 aliphatic carbocycles. The largest absolute Gasteiger partial charge is 0.475 e. The van der Waals surface area contributed by atoms with Gasteiger partial charge < -0.3 is 15.0 Å². The van der Waals surface area contributed by atoms with E-state index in [4.69, 9.17) is 4.74 Å². The van der Waals surface area contributed by atoms with E-state index in [1.165, 1.54) is 0 Å². The molecular formula is C18H18BrN3O2. The summed E-state index contributed by atoms with van der Waals surface area (Å²) in [5.41, 5.74) is 2.38. The molecule has 1 amide bonds. The highest BCUT2D eigenvalue weighted by molar-refractivity contribution is 9.10. The second kappa shape index (κ2) is 7.05. The Balaban J connectivity index is 1.63. The van der Waals surface area contributed by atoms with E-state index in [-0.39, 0.29) is 12.0 Å². The van der Waals surface area contributed by atoms with E-state index in [1.807, 2.05) is 50.2 Å². The lowest BCUT2D eigenvalue weighted by Crippen LogP contribution is -2.23. The summed E-state index contributed by atoms with van der Waals surface area (Å²) in [7, 11) is 0. The first-order valence-electron chi connectivity index (χ1n) is 7.69. The first-order chi connectivity index (χ1) is 11.5. The van der Waals surface area contributed by atoms with Gasteiger partial charge in [-0.15, -0.1) is 0 Å². The minimum absolute atomic E-state index is 0.0881. The fourth-order valence-electron chi connectivity index (χ4n) is 2.33. The van der Waals surface area contributed by atoms with Crippen LogP contribution in [0.1, 0.15) is 29.9 Å². The van der Waals surface area contributed by atoms with Crippen molar-refractivity contribution in [2.24, 2.45) is 0 Å². The number of pyridine rings is 1. The van der Waals surface area contributed by atoms with Gasteiger partial charge in [0.2, 0.25) is 5.88 Å². The van der Waals surface area contributed by atoms with Crippen LogP contribution in [0.2, 0.25) is 0 Å². The first kappa shape index (κ1) is 16.5. The molecule has 6 heteroatoms. The molecular weight excluding hydrogens is 370 g/mol. The van der Waals surface area contributed by atoms with Crippen molar-refractivity contribution in [2.75, 3.05) is 0 Å². The van der Waals surface area contributed by atoms with Gasteiger partial charge in [0.15, 0.2) is 0 Å². The fourth-order valence-corrected chi connectivity index (χ4v) is 2.69. The summed E-state index contributed by atoms with van der Waals surface area (Å²) in [5, 5.41) is 3.89. The van der Waals surface area contributed by atoms with Crippen molar-refractivity contribution in [1.29, 1.82) is 0 Å². The van der Waals surface area contributed by atoms with E-state index in [0.717, 1.165) is 20.9 Å². The van der Waals surface area contributed by atoms with Crippen molar-refractivity contribution in [2.45, 2.75) is 26.5 Å². The van der Waals surface area contributed by atoms with Gasteiger partial charge in [0.1, 0.15) is 5.69 Å². The summed E-state index contributed by atoms with van der Waals surface area (Å²) in [6.45, 7) is 4.32. The number of aromatic nitrogens is 2. The number of benzene rings is 1. The van der Waals surface area contributed by atoms with Crippen LogP contribution >= 0.6 is 15.9 Å². The Morgan fingerprint density at radius 2 is 2.12 bits per heavy atom. The monoisotopic (exact) mass is 387 g/mol. The lowest BCUT2D eigenvalue weighted by molar-refractivity contribution is 0.0946. The van der Waals surface area contributed by atoms with Gasteiger partial charge in [-0.3, -0.25) is 4.79 Å². The predicted molar refractivity (Wildman–Crippen MR) is 97.2 cm³/mol. The molecule has 0 unspecified atom stereocenters. The van der Waals surface area contributed by atoms with Crippen molar-refractivity contribution in [1.82, 2.24) is 15.3 Å². The van der Waals surface area contributed by atoms with Crippen LogP contribution in [0.4, 0.5) is 0 Å². The standard InChI is InChI=1S/C18H18BrN3O2/c1-11(2)24-17-6-3-12(9-20-17)10-21-18(23)16-7-13-4-5-14(19)8-15(13)22-16/h3-9,11,22H,10H2,1-2H3,(H,21,23). The topological polar surface area (TPSA) is 67.0 Å². The third kappa shape index (κ3) is 3.94. The molecule has 3 rings (SSSR count). The van der Waals surface area contributed by atoms with Crippen LogP contribution < -0.4 is 10.1 Å². The molecule has 0 aliphatic rings. The van der Waals surface area contributed by atoms with Crippen molar-refractivity contribution in [3.05, 3.63) is 58.3 Å². The summed E-state index contributed by atoms with van der Waals surface area (Å²) in [5.74, 6) is 0.436. The van der Waals surface area contributed by atoms with E-state index in [1.54, 1.807) is 6.20 Å². The molecule has 3 aromatic rings. The van der Waals surface area contributed by atoms with Gasteiger partial charge in [0, 0.05) is 34.2 Å². The lowest BCUT2D eigenvalue weighted by Gasteiger charge is -2.09. The Morgan fingerprint density at radius 1 is 1.29 bits per heavy atom. The van der Waals surface area contributed by atoms with Crippen molar-refractivity contribution in [3.63, 3.8) is 0 Å². The molecule has 0 radical (unpaired) electrons. The molecule has 0 aliphatic heterocycles. The quantitative estimate of drug-likeness (QED) is 0.693. The van der Waals surface area contributed by atoms with Gasteiger partial charge in [-0.1, -0.05) is 28.1 Å². The lowest BCUT2D eigenvalue weighted by atomic mass is 10.2. The molecule has 2 aromatic heterocycles. The second-order valence-electron chi connectivity index (χ2n) is 5.77. The fraction of sp³-hybridized carbons (Fsp3) is 0.222. The molecule has 0 spiro atoms. The van der Waals surface area contributed by atoms with Crippen LogP contribution in [0, 0.1) is 0 Å². The highest BCUT2D eigenvalue weighted by Crippen LogP contribution is 2.20. The highest BCUT2D eigenvalue weighted by Gasteiger charge is 2.09. The molecule has 0 bridgehead atoms. The van der Waals surface area contributed by atoms with Crippen LogP contribution in [-0.2, 0) is 6.54 Å². The number of halogens is 1. The average Bonchev–Trinajstić information content (AvgIpc) is 2.96. The maximum absolute atomic E-state index is 12.3. The number of carbonyl (C=O) groups is 1. The summed E-state index contributed by atoms with van der Waals surface area (Å²) in [6, 6.07) is 11.4. The zero-order valence-corrected chi connectivity index (χ0v) is 15.1. The minimum Gasteiger partial charge on any atom is -0.475 e. The van der Waals surface area contributed by atoms with E-state index >= 15 is 0 Å². The van der Waals surface area contributed by atoms with Crippen LogP contribution in [0.25, 0.3) is 10.9 Å². The van der Waals surface area contributed by atoms with E-state index in [0.29, 0.717) is 18.1 Å². The normalized spacial score (nSPS) is 11.0. The van der Waals surface area contributed by atoms with Crippen molar-refractivity contribution in [3.8, 4) is 5.88 Å². The number of amides is 1. The maximum atomic E-state index is 12.3. The Labute approximate surface area is 148 Å². The zero-order chi connectivity index (χ0) is 17.1. The second-order valence-corrected chi connectivity index (χ2v) is 6.68. The molecule has 2 N–H and O–H groups in total. The van der Waals surface area contributed by atoms with Crippen LogP contribution in [-0.4, -0.2) is 22.0 Å². The van der Waals surface area contributed by atoms with E-state index < -0.39 is 0 Å². The Bertz CT molecular complexity index is 856. The molecule has 124 valence electrons. The first-order valence-corrected chi connectivity index (χ1v) is 8.48. The Hall–Kier alpha value is -2.34. The van der Waals surface area contributed by atoms with Crippen LogP contribution in [0.3, 0.4) is 0 Å². The summed E-state index contributed by atoms with van der Waals surface area (Å²) in [4.78, 5) is 19.6. The molecule has 2 heterocycles. The van der Waals surface area contributed by atoms with Gasteiger partial charge in [0.05, 0.1) is 6.10 Å². The number of ether oxygens (including phenoxy) is 1. The molecule has 0 saturated carbocycles. The van der Waals surface area contributed by atoms with Gasteiger partial charge in [-0.05, 0) is 37.6 Å². The molecule has 0 fully saturated rings. The third-order valence-corrected chi connectivity index (χ3v) is 3.93. The average molecular weight is 388 g/mol. The van der Waals surface area contributed by atoms with Crippen molar-refractivity contribution < 1.29 is 9.53 Å². The smallest absolute Gasteiger partial charge is 0.267 e. The SMILES string of the molecule is CC(C)Oc1ccc(CNC(=O)c2cc3ccc(Br)cc3[nH]2)cn1. The molecule has 0 atom stereocenters. The van der Waals surface area contributed by atoms with Gasteiger partial charge in [0.25, 0.3) is 5.91 Å². The van der Waals surface area contributed by atoms with Gasteiger partial charge in [-0.2, -0.15) is 0 Å². The predicted octanol–water partition coefficient (Wildman–Crippen LogP) is 4.04. The van der Waals surface area contributed by atoms with E-state index in [9.17, 15) is 4.79 Å². The summed E-state index contributed by atoms with van der Waals surface area (Å²) < 4.78 is 6.47. The Kier molecular flexibility index (Phi) is 4.85.